The molecule has 0 atom stereocenters. The molecule has 1 amide bonds. The molecule has 0 spiro atoms. The van der Waals surface area contributed by atoms with Crippen LogP contribution >= 0.6 is 11.3 Å². The molecule has 8 heteroatoms. The summed E-state index contributed by atoms with van der Waals surface area (Å²) < 4.78 is 1.87. The van der Waals surface area contributed by atoms with Crippen LogP contribution in [0.15, 0.2) is 12.4 Å². The summed E-state index contributed by atoms with van der Waals surface area (Å²) in [5.74, 6) is -0.0912. The smallest absolute Gasteiger partial charge is 0.240 e. The zero-order valence-electron chi connectivity index (χ0n) is 11.8. The van der Waals surface area contributed by atoms with Crippen LogP contribution in [0.25, 0.3) is 0 Å². The predicted octanol–water partition coefficient (Wildman–Crippen LogP) is 1.13. The number of aryl methyl sites for hydroxylation is 2. The van der Waals surface area contributed by atoms with E-state index in [-0.39, 0.29) is 5.91 Å². The van der Waals surface area contributed by atoms with Crippen molar-refractivity contribution in [1.29, 1.82) is 0 Å². The lowest BCUT2D eigenvalue weighted by Gasteiger charge is -2.14. The molecule has 0 saturated carbocycles. The first-order valence-electron chi connectivity index (χ1n) is 6.36. The van der Waals surface area contributed by atoms with Crippen molar-refractivity contribution >= 4 is 22.4 Å². The van der Waals surface area contributed by atoms with Gasteiger partial charge in [0, 0.05) is 24.8 Å². The summed E-state index contributed by atoms with van der Waals surface area (Å²) in [7, 11) is 1.90. The Balaban J connectivity index is 1.81. The number of carbonyl (C=O) groups is 1. The second-order valence-corrected chi connectivity index (χ2v) is 5.73. The van der Waals surface area contributed by atoms with E-state index in [2.05, 4.69) is 20.6 Å². The molecule has 0 unspecified atom stereocenters. The van der Waals surface area contributed by atoms with E-state index in [1.54, 1.807) is 0 Å². The van der Waals surface area contributed by atoms with Gasteiger partial charge in [-0.05, 0) is 20.9 Å². The summed E-state index contributed by atoms with van der Waals surface area (Å²) in [6, 6.07) is 0. The number of amides is 1. The van der Waals surface area contributed by atoms with Crippen molar-refractivity contribution in [2.75, 3.05) is 18.9 Å². The molecule has 2 aromatic heterocycles. The van der Waals surface area contributed by atoms with Crippen LogP contribution in [-0.2, 0) is 17.9 Å². The van der Waals surface area contributed by atoms with E-state index in [9.17, 15) is 4.79 Å². The molecule has 0 aliphatic rings. The minimum absolute atomic E-state index is 0.0912. The molecule has 0 aliphatic heterocycles. The Hall–Kier alpha value is -1.80. The van der Waals surface area contributed by atoms with Crippen LogP contribution in [0.1, 0.15) is 17.5 Å². The van der Waals surface area contributed by atoms with Gasteiger partial charge in [0.05, 0.1) is 12.7 Å². The Kier molecular flexibility index (Phi) is 4.80. The Bertz CT molecular complexity index is 578. The standard InChI is InChI=1S/C12H18N6OS/c1-4-18-7-10(5-13-18)6-17(3)8-11(19)14-12-16-15-9(2)20-12/h5,7H,4,6,8H2,1-3H3,(H,14,16,19). The van der Waals surface area contributed by atoms with E-state index in [1.807, 2.05) is 42.9 Å². The molecule has 0 bridgehead atoms. The molecule has 0 fully saturated rings. The third-order valence-electron chi connectivity index (χ3n) is 2.65. The fraction of sp³-hybridized carbons (Fsp3) is 0.500. The number of carbonyl (C=O) groups excluding carboxylic acids is 1. The van der Waals surface area contributed by atoms with Crippen molar-refractivity contribution in [3.8, 4) is 0 Å². The lowest BCUT2D eigenvalue weighted by Crippen LogP contribution is -2.29. The van der Waals surface area contributed by atoms with Gasteiger partial charge in [-0.25, -0.2) is 0 Å². The van der Waals surface area contributed by atoms with Gasteiger partial charge >= 0.3 is 0 Å². The Morgan fingerprint density at radius 1 is 1.50 bits per heavy atom. The molecule has 7 nitrogen and oxygen atoms in total. The van der Waals surface area contributed by atoms with Gasteiger partial charge in [0.2, 0.25) is 11.0 Å². The monoisotopic (exact) mass is 294 g/mol. The fourth-order valence-corrected chi connectivity index (χ4v) is 2.39. The fourth-order valence-electron chi connectivity index (χ4n) is 1.78. The van der Waals surface area contributed by atoms with Gasteiger partial charge in [-0.3, -0.25) is 19.7 Å². The highest BCUT2D eigenvalue weighted by molar-refractivity contribution is 7.15. The molecule has 108 valence electrons. The summed E-state index contributed by atoms with van der Waals surface area (Å²) in [6.45, 7) is 5.72. The first-order valence-corrected chi connectivity index (χ1v) is 7.18. The van der Waals surface area contributed by atoms with E-state index < -0.39 is 0 Å². The maximum atomic E-state index is 11.8. The van der Waals surface area contributed by atoms with Crippen LogP contribution in [0.3, 0.4) is 0 Å². The number of likely N-dealkylation sites (N-methyl/N-ethyl adjacent to an activating group) is 1. The highest BCUT2D eigenvalue weighted by Gasteiger charge is 2.10. The Morgan fingerprint density at radius 3 is 2.90 bits per heavy atom. The van der Waals surface area contributed by atoms with Gasteiger partial charge in [0.15, 0.2) is 0 Å². The molecule has 2 heterocycles. The number of anilines is 1. The number of aromatic nitrogens is 4. The first kappa shape index (κ1) is 14.6. The molecular weight excluding hydrogens is 276 g/mol. The third-order valence-corrected chi connectivity index (χ3v) is 3.40. The topological polar surface area (TPSA) is 75.9 Å². The van der Waals surface area contributed by atoms with Crippen molar-refractivity contribution in [1.82, 2.24) is 24.9 Å². The van der Waals surface area contributed by atoms with Crippen LogP contribution < -0.4 is 5.32 Å². The van der Waals surface area contributed by atoms with E-state index in [0.29, 0.717) is 18.2 Å². The average Bonchev–Trinajstić information content (AvgIpc) is 2.98. The van der Waals surface area contributed by atoms with Gasteiger partial charge in [0.25, 0.3) is 0 Å². The quantitative estimate of drug-likeness (QED) is 0.864. The maximum Gasteiger partial charge on any atom is 0.240 e. The van der Waals surface area contributed by atoms with Gasteiger partial charge in [-0.1, -0.05) is 11.3 Å². The van der Waals surface area contributed by atoms with Crippen molar-refractivity contribution in [2.24, 2.45) is 0 Å². The van der Waals surface area contributed by atoms with Crippen molar-refractivity contribution < 1.29 is 4.79 Å². The Labute approximate surface area is 121 Å². The van der Waals surface area contributed by atoms with Gasteiger partial charge in [0.1, 0.15) is 5.01 Å². The number of hydrogen-bond acceptors (Lipinski definition) is 6. The van der Waals surface area contributed by atoms with Crippen molar-refractivity contribution in [2.45, 2.75) is 26.9 Å². The summed E-state index contributed by atoms with van der Waals surface area (Å²) in [5.41, 5.74) is 1.09. The zero-order valence-corrected chi connectivity index (χ0v) is 12.6. The maximum absolute atomic E-state index is 11.8. The second kappa shape index (κ2) is 6.58. The number of rotatable bonds is 6. The summed E-state index contributed by atoms with van der Waals surface area (Å²) in [4.78, 5) is 13.8. The molecule has 1 N–H and O–H groups in total. The molecule has 0 aliphatic carbocycles. The molecule has 20 heavy (non-hydrogen) atoms. The van der Waals surface area contributed by atoms with Gasteiger partial charge in [-0.15, -0.1) is 10.2 Å². The van der Waals surface area contributed by atoms with Crippen LogP contribution in [0.4, 0.5) is 5.13 Å². The molecule has 2 rings (SSSR count). The molecule has 0 saturated heterocycles. The SMILES string of the molecule is CCn1cc(CN(C)CC(=O)Nc2nnc(C)s2)cn1. The molecule has 2 aromatic rings. The number of hydrogen-bond donors (Lipinski definition) is 1. The van der Waals surface area contributed by atoms with Crippen LogP contribution in [0.2, 0.25) is 0 Å². The van der Waals surface area contributed by atoms with Crippen molar-refractivity contribution in [3.05, 3.63) is 23.0 Å². The van der Waals surface area contributed by atoms with Crippen molar-refractivity contribution in [3.63, 3.8) is 0 Å². The van der Waals surface area contributed by atoms with E-state index in [0.717, 1.165) is 17.1 Å². The highest BCUT2D eigenvalue weighted by atomic mass is 32.1. The number of nitrogens with zero attached hydrogens (tertiary/aromatic N) is 5. The van der Waals surface area contributed by atoms with Gasteiger partial charge < -0.3 is 0 Å². The van der Waals surface area contributed by atoms with Crippen LogP contribution in [0, 0.1) is 6.92 Å². The van der Waals surface area contributed by atoms with E-state index in [4.69, 9.17) is 0 Å². The summed E-state index contributed by atoms with van der Waals surface area (Å²) in [5, 5.41) is 16.0. The largest absolute Gasteiger partial charge is 0.299 e. The van der Waals surface area contributed by atoms with E-state index >= 15 is 0 Å². The van der Waals surface area contributed by atoms with Gasteiger partial charge in [-0.2, -0.15) is 5.10 Å². The van der Waals surface area contributed by atoms with E-state index in [1.165, 1.54) is 11.3 Å². The zero-order chi connectivity index (χ0) is 14.5. The number of nitrogens with one attached hydrogen (secondary N) is 1. The first-order chi connectivity index (χ1) is 9.56. The minimum Gasteiger partial charge on any atom is -0.299 e. The van der Waals surface area contributed by atoms with Crippen LogP contribution in [0.5, 0.6) is 0 Å². The molecular formula is C12H18N6OS. The second-order valence-electron chi connectivity index (χ2n) is 4.55. The summed E-state index contributed by atoms with van der Waals surface area (Å²) >= 11 is 1.37. The molecule has 0 aromatic carbocycles. The minimum atomic E-state index is -0.0912. The lowest BCUT2D eigenvalue weighted by molar-refractivity contribution is -0.117. The molecule has 0 radical (unpaired) electrons. The lowest BCUT2D eigenvalue weighted by atomic mass is 10.3. The highest BCUT2D eigenvalue weighted by Crippen LogP contribution is 2.13. The third kappa shape index (κ3) is 4.10. The predicted molar refractivity (Wildman–Crippen MR) is 77.5 cm³/mol. The Morgan fingerprint density at radius 2 is 2.30 bits per heavy atom. The normalized spacial score (nSPS) is 11.0. The average molecular weight is 294 g/mol. The van der Waals surface area contributed by atoms with Crippen LogP contribution in [-0.4, -0.2) is 44.4 Å². The summed E-state index contributed by atoms with van der Waals surface area (Å²) in [6.07, 6.45) is 3.81.